The fourth-order valence-electron chi connectivity index (χ4n) is 1.83. The number of benzene rings is 2. The normalized spacial score (nSPS) is 11.0. The maximum absolute atomic E-state index is 13.8. The Kier molecular flexibility index (Phi) is 5.46. The molecule has 2 aromatic carbocycles. The van der Waals surface area contributed by atoms with Crippen molar-refractivity contribution in [1.82, 2.24) is 0 Å². The molecule has 0 spiro atoms. The topological polar surface area (TPSA) is 60.2 Å². The van der Waals surface area contributed by atoms with Gasteiger partial charge in [0.2, 0.25) is 10.0 Å². The summed E-state index contributed by atoms with van der Waals surface area (Å²) < 4.78 is 49.7. The number of halogens is 2. The van der Waals surface area contributed by atoms with E-state index in [1.165, 1.54) is 12.1 Å². The summed E-state index contributed by atoms with van der Waals surface area (Å²) in [6.45, 7) is 1.61. The number of aryl methyl sites for hydroxylation is 1. The van der Waals surface area contributed by atoms with Gasteiger partial charge in [-0.1, -0.05) is 12.1 Å². The van der Waals surface area contributed by atoms with Gasteiger partial charge in [-0.2, -0.15) is 0 Å². The number of hydrogen-bond donors (Lipinski definition) is 1. The van der Waals surface area contributed by atoms with E-state index in [4.69, 9.17) is 5.14 Å². The number of primary sulfonamides is 1. The van der Waals surface area contributed by atoms with Crippen molar-refractivity contribution in [1.29, 1.82) is 0 Å². The minimum atomic E-state index is -4.05. The van der Waals surface area contributed by atoms with Gasteiger partial charge in [-0.05, 0) is 24.6 Å². The summed E-state index contributed by atoms with van der Waals surface area (Å²) in [6.07, 6.45) is 0. The van der Waals surface area contributed by atoms with Crippen molar-refractivity contribution >= 4 is 39.6 Å². The van der Waals surface area contributed by atoms with Gasteiger partial charge in [0.05, 0.1) is 4.90 Å². The van der Waals surface area contributed by atoms with Crippen molar-refractivity contribution < 1.29 is 17.2 Å². The molecule has 0 saturated carbocycles. The van der Waals surface area contributed by atoms with Gasteiger partial charge in [0.15, 0.2) is 0 Å². The van der Waals surface area contributed by atoms with Crippen LogP contribution in [0.1, 0.15) is 5.56 Å². The molecule has 0 unspecified atom stereocenters. The molecule has 0 bridgehead atoms. The predicted molar refractivity (Wildman–Crippen MR) is 73.9 cm³/mol. The maximum atomic E-state index is 13.8. The molecule has 0 heterocycles. The van der Waals surface area contributed by atoms with Crippen molar-refractivity contribution in [3.63, 3.8) is 0 Å². The van der Waals surface area contributed by atoms with Gasteiger partial charge in [-0.15, -0.1) is 0 Å². The SMILES string of the molecule is Cc1cc[c]c(S(N)(=O)=O)c1-c1ccc(F)cc1F.[NaH]. The first-order valence-corrected chi connectivity index (χ1v) is 6.85. The third kappa shape index (κ3) is 3.45. The van der Waals surface area contributed by atoms with E-state index >= 15 is 0 Å². The molecule has 0 atom stereocenters. The van der Waals surface area contributed by atoms with Gasteiger partial charge < -0.3 is 0 Å². The second-order valence-electron chi connectivity index (χ2n) is 4.03. The van der Waals surface area contributed by atoms with Crippen LogP contribution in [0, 0.1) is 24.6 Å². The molecule has 101 valence electrons. The molecule has 0 aliphatic rings. The van der Waals surface area contributed by atoms with Crippen LogP contribution in [0.15, 0.2) is 35.2 Å². The van der Waals surface area contributed by atoms with Crippen LogP contribution in [0.25, 0.3) is 11.1 Å². The van der Waals surface area contributed by atoms with E-state index in [1.54, 1.807) is 13.0 Å². The van der Waals surface area contributed by atoms with Gasteiger partial charge in [-0.25, -0.2) is 22.3 Å². The zero-order valence-electron chi connectivity index (χ0n) is 9.94. The van der Waals surface area contributed by atoms with Gasteiger partial charge in [0.1, 0.15) is 11.6 Å². The van der Waals surface area contributed by atoms with Crippen molar-refractivity contribution in [2.75, 3.05) is 0 Å². The summed E-state index contributed by atoms with van der Waals surface area (Å²) >= 11 is 0. The Morgan fingerprint density at radius 3 is 2.40 bits per heavy atom. The third-order valence-corrected chi connectivity index (χ3v) is 3.55. The molecular formula is C13H11F2NNaO2S. The van der Waals surface area contributed by atoms with Gasteiger partial charge in [0, 0.05) is 23.3 Å². The molecule has 3 nitrogen and oxygen atoms in total. The molecule has 0 amide bonds. The zero-order chi connectivity index (χ0) is 14.2. The molecule has 0 aliphatic carbocycles. The molecule has 0 aromatic heterocycles. The van der Waals surface area contributed by atoms with E-state index in [0.29, 0.717) is 11.6 Å². The predicted octanol–water partition coefficient (Wildman–Crippen LogP) is 1.74. The fourth-order valence-corrected chi connectivity index (χ4v) is 2.62. The molecule has 0 fully saturated rings. The van der Waals surface area contributed by atoms with Crippen LogP contribution in [0.3, 0.4) is 0 Å². The molecule has 2 rings (SSSR count). The van der Waals surface area contributed by atoms with Crippen molar-refractivity contribution in [2.45, 2.75) is 11.8 Å². The van der Waals surface area contributed by atoms with Crippen molar-refractivity contribution in [3.8, 4) is 11.1 Å². The van der Waals surface area contributed by atoms with Crippen molar-refractivity contribution in [3.05, 3.63) is 53.6 Å². The molecule has 0 saturated heterocycles. The Labute approximate surface area is 138 Å². The average molecular weight is 306 g/mol. The number of rotatable bonds is 2. The summed E-state index contributed by atoms with van der Waals surface area (Å²) in [5.74, 6) is -1.59. The van der Waals surface area contributed by atoms with E-state index in [9.17, 15) is 17.2 Å². The van der Waals surface area contributed by atoms with Gasteiger partial charge >= 0.3 is 29.6 Å². The van der Waals surface area contributed by atoms with Crippen LogP contribution in [0.2, 0.25) is 0 Å². The minimum absolute atomic E-state index is 0. The van der Waals surface area contributed by atoms with Crippen LogP contribution in [-0.2, 0) is 10.0 Å². The first-order chi connectivity index (χ1) is 8.80. The summed E-state index contributed by atoms with van der Waals surface area (Å²) in [4.78, 5) is -0.307. The summed E-state index contributed by atoms with van der Waals surface area (Å²) in [5.41, 5.74) is 0.579. The second-order valence-corrected chi connectivity index (χ2v) is 5.53. The van der Waals surface area contributed by atoms with E-state index in [-0.39, 0.29) is 45.6 Å². The first kappa shape index (κ1) is 17.3. The fraction of sp³-hybridized carbons (Fsp3) is 0.0769. The zero-order valence-corrected chi connectivity index (χ0v) is 10.8. The molecule has 2 aromatic rings. The molecule has 20 heavy (non-hydrogen) atoms. The number of hydrogen-bond acceptors (Lipinski definition) is 2. The molecule has 2 N–H and O–H groups in total. The van der Waals surface area contributed by atoms with Crippen LogP contribution in [0.5, 0.6) is 0 Å². The Balaban J connectivity index is 0.00000200. The Morgan fingerprint density at radius 2 is 1.85 bits per heavy atom. The molecule has 0 aliphatic heterocycles. The second kappa shape index (κ2) is 6.32. The Bertz CT molecular complexity index is 748. The van der Waals surface area contributed by atoms with E-state index < -0.39 is 21.7 Å². The van der Waals surface area contributed by atoms with Crippen LogP contribution in [-0.4, -0.2) is 38.0 Å². The third-order valence-electron chi connectivity index (χ3n) is 2.65. The average Bonchev–Trinajstić information content (AvgIpc) is 2.28. The summed E-state index contributed by atoms with van der Waals surface area (Å²) in [6, 6.07) is 8.37. The summed E-state index contributed by atoms with van der Waals surface area (Å²) in [5, 5.41) is 5.09. The quantitative estimate of drug-likeness (QED) is 0.859. The standard InChI is InChI=1S/C13H10F2NO2S.Na.H/c1-8-3-2-4-12(19(16,17)18)13(8)10-6-5-9(14)7-11(10)15;;/h2-3,5-7H,1H3,(H2,16,17,18);;. The first-order valence-electron chi connectivity index (χ1n) is 5.30. The van der Waals surface area contributed by atoms with Crippen LogP contribution < -0.4 is 5.14 Å². The van der Waals surface area contributed by atoms with E-state index in [1.807, 2.05) is 0 Å². The molecule has 7 heteroatoms. The summed E-state index contributed by atoms with van der Waals surface area (Å²) in [7, 11) is -4.05. The number of nitrogens with two attached hydrogens (primary N) is 1. The van der Waals surface area contributed by atoms with E-state index in [2.05, 4.69) is 6.07 Å². The van der Waals surface area contributed by atoms with Crippen LogP contribution >= 0.6 is 0 Å². The monoisotopic (exact) mass is 306 g/mol. The van der Waals surface area contributed by atoms with Crippen LogP contribution in [0.4, 0.5) is 8.78 Å². The Morgan fingerprint density at radius 1 is 1.20 bits per heavy atom. The van der Waals surface area contributed by atoms with Gasteiger partial charge in [-0.3, -0.25) is 0 Å². The molecular weight excluding hydrogens is 295 g/mol. The van der Waals surface area contributed by atoms with E-state index in [0.717, 1.165) is 6.07 Å². The van der Waals surface area contributed by atoms with Gasteiger partial charge in [0.25, 0.3) is 0 Å². The molecule has 1 radical (unpaired) electrons. The van der Waals surface area contributed by atoms with Crippen molar-refractivity contribution in [2.24, 2.45) is 5.14 Å². The Hall–Kier alpha value is -0.790. The number of sulfonamides is 1.